The van der Waals surface area contributed by atoms with Crippen LogP contribution in [0.15, 0.2) is 71.3 Å². The maximum Gasteiger partial charge on any atom is 0.338 e. The molecule has 17 atom stereocenters. The SMILES string of the molecule is CC(C)=CCCC(C)C1CCC2(C)C3CC=C4C(CCC(OC(=O)c5cc(N)cc(N)c5)C4(C)C)C3CCC12C.CC(C)=CCCC(C)C1CCC2(C)C3CCC4C(CCC(OC(=O)c5cc(N)cc(N)c5)C4(C)C)C3CCC12C. The normalized spacial score (nSPS) is 37.9. The van der Waals surface area contributed by atoms with Crippen molar-refractivity contribution in [3.8, 4) is 0 Å². The predicted octanol–water partition coefficient (Wildman–Crippen LogP) is 18.0. The van der Waals surface area contributed by atoms with Gasteiger partial charge in [0.25, 0.3) is 0 Å². The molecule has 8 aliphatic carbocycles. The van der Waals surface area contributed by atoms with Crippen LogP contribution in [-0.2, 0) is 9.47 Å². The van der Waals surface area contributed by atoms with Crippen LogP contribution in [0.25, 0.3) is 0 Å². The summed E-state index contributed by atoms with van der Waals surface area (Å²) in [5, 5.41) is 0. The number of hydrogen-bond donors (Lipinski definition) is 4. The van der Waals surface area contributed by atoms with Crippen molar-refractivity contribution >= 4 is 34.7 Å². The van der Waals surface area contributed by atoms with Crippen molar-refractivity contribution in [3.63, 3.8) is 0 Å². The van der Waals surface area contributed by atoms with E-state index < -0.39 is 0 Å². The van der Waals surface area contributed by atoms with Crippen molar-refractivity contribution in [1.29, 1.82) is 0 Å². The second-order valence-corrected chi connectivity index (χ2v) is 30.9. The zero-order chi connectivity index (χ0) is 58.1. The van der Waals surface area contributed by atoms with Crippen molar-refractivity contribution in [2.75, 3.05) is 22.9 Å². The fourth-order valence-electron chi connectivity index (χ4n) is 21.1. The van der Waals surface area contributed by atoms with Crippen LogP contribution in [0.5, 0.6) is 0 Å². The summed E-state index contributed by atoms with van der Waals surface area (Å²) < 4.78 is 12.4. The van der Waals surface area contributed by atoms with Crippen LogP contribution in [0.3, 0.4) is 0 Å². The third-order valence-electron chi connectivity index (χ3n) is 25.7. The van der Waals surface area contributed by atoms with Gasteiger partial charge in [-0.15, -0.1) is 0 Å². The number of nitrogens with two attached hydrogens (primary N) is 4. The van der Waals surface area contributed by atoms with Gasteiger partial charge in [0.15, 0.2) is 0 Å². The number of esters is 2. The molecule has 0 radical (unpaired) electrons. The first-order chi connectivity index (χ1) is 37.5. The van der Waals surface area contributed by atoms with E-state index in [0.29, 0.717) is 67.4 Å². The standard InChI is InChI=1S/C36H56N2O2.C36H54N2O2/c2*1-22(2)9-8-10-23(3)29-16-18-36(7)31-13-12-30-27(28(31)15-17-35(29,36)6)11-14-32(34(30,4)5)40-33(39)24-19-25(37)21-26(38)20-24/h9,19-21,23,27-32H,8,10-18,37-38H2,1-7H3;9,12,19-21,23,27-29,31-32H,8,10-11,13-18,37-38H2,1-7H3. The molecule has 80 heavy (non-hydrogen) atoms. The average molecular weight is 1100 g/mol. The molecule has 8 aliphatic rings. The van der Waals surface area contributed by atoms with E-state index in [1.54, 1.807) is 42.0 Å². The van der Waals surface area contributed by atoms with Crippen LogP contribution in [0, 0.1) is 97.6 Å². The molecule has 7 fully saturated rings. The average Bonchev–Trinajstić information content (AvgIpc) is 4.02. The fourth-order valence-corrected chi connectivity index (χ4v) is 21.1. The lowest BCUT2D eigenvalue weighted by Crippen LogP contribution is -2.58. The van der Waals surface area contributed by atoms with Crippen LogP contribution in [0.4, 0.5) is 22.7 Å². The Balaban J connectivity index is 0.000000194. The molecule has 0 aromatic heterocycles. The van der Waals surface area contributed by atoms with Crippen LogP contribution in [-0.4, -0.2) is 24.1 Å². The van der Waals surface area contributed by atoms with E-state index in [4.69, 9.17) is 32.4 Å². The highest BCUT2D eigenvalue weighted by Crippen LogP contribution is 2.74. The summed E-state index contributed by atoms with van der Waals surface area (Å²) in [5.41, 5.74) is 32.7. The maximum atomic E-state index is 13.1. The van der Waals surface area contributed by atoms with Crippen LogP contribution < -0.4 is 22.9 Å². The number of anilines is 4. The Morgan fingerprint density at radius 1 is 0.512 bits per heavy atom. The molecule has 8 heteroatoms. The number of carbonyl (C=O) groups excluding carboxylic acids is 2. The smallest absolute Gasteiger partial charge is 0.338 e. The van der Waals surface area contributed by atoms with Gasteiger partial charge in [-0.3, -0.25) is 0 Å². The summed E-state index contributed by atoms with van der Waals surface area (Å²) in [6, 6.07) is 10.0. The summed E-state index contributed by atoms with van der Waals surface area (Å²) in [4.78, 5) is 26.3. The molecule has 0 saturated heterocycles. The Labute approximate surface area is 485 Å². The Morgan fingerprint density at radius 2 is 0.938 bits per heavy atom. The molecule has 2 aromatic rings. The van der Waals surface area contributed by atoms with E-state index in [1.807, 2.05) is 0 Å². The van der Waals surface area contributed by atoms with Crippen LogP contribution in [0.2, 0.25) is 0 Å². The number of ether oxygens (including phenoxy) is 2. The van der Waals surface area contributed by atoms with E-state index in [-0.39, 0.29) is 35.0 Å². The van der Waals surface area contributed by atoms with Gasteiger partial charge in [0.05, 0.1) is 11.1 Å². The lowest BCUT2D eigenvalue weighted by Gasteiger charge is -2.63. The Bertz CT molecular complexity index is 2650. The van der Waals surface area contributed by atoms with E-state index in [9.17, 15) is 9.59 Å². The molecule has 0 bridgehead atoms. The van der Waals surface area contributed by atoms with Crippen molar-refractivity contribution in [2.24, 2.45) is 97.6 Å². The highest BCUT2D eigenvalue weighted by atomic mass is 16.5. The molecule has 10 rings (SSSR count). The Kier molecular flexibility index (Phi) is 17.2. The second-order valence-electron chi connectivity index (χ2n) is 30.9. The molecule has 442 valence electrons. The number of rotatable bonds is 12. The molecule has 0 aliphatic heterocycles. The summed E-state index contributed by atoms with van der Waals surface area (Å²) in [6.45, 7) is 34.0. The zero-order valence-electron chi connectivity index (χ0n) is 52.6. The van der Waals surface area contributed by atoms with Gasteiger partial charge in [-0.2, -0.15) is 0 Å². The minimum absolute atomic E-state index is 0.0330. The molecular weight excluding hydrogens is 985 g/mol. The molecule has 8 N–H and O–H groups in total. The van der Waals surface area contributed by atoms with E-state index >= 15 is 0 Å². The number of hydrogen-bond acceptors (Lipinski definition) is 8. The summed E-state index contributed by atoms with van der Waals surface area (Å²) >= 11 is 0. The van der Waals surface area contributed by atoms with Gasteiger partial charge >= 0.3 is 11.9 Å². The van der Waals surface area contributed by atoms with E-state index in [1.165, 1.54) is 114 Å². The Hall–Kier alpha value is -4.20. The van der Waals surface area contributed by atoms with E-state index in [0.717, 1.165) is 72.5 Å². The lowest BCUT2D eigenvalue weighted by molar-refractivity contribution is -0.162. The lowest BCUT2D eigenvalue weighted by atomic mass is 9.42. The monoisotopic (exact) mass is 1090 g/mol. The van der Waals surface area contributed by atoms with Gasteiger partial charge < -0.3 is 32.4 Å². The van der Waals surface area contributed by atoms with Gasteiger partial charge in [-0.1, -0.05) is 104 Å². The third kappa shape index (κ3) is 10.9. The maximum absolute atomic E-state index is 13.1. The number of fused-ring (bicyclic) bond motifs is 10. The molecule has 7 saturated carbocycles. The highest BCUT2D eigenvalue weighted by molar-refractivity contribution is 5.92. The molecule has 0 amide bonds. The third-order valence-corrected chi connectivity index (χ3v) is 25.7. The number of benzene rings is 2. The fraction of sp³-hybridized carbons (Fsp3) is 0.722. The molecule has 0 spiro atoms. The Morgan fingerprint density at radius 3 is 1.44 bits per heavy atom. The minimum atomic E-state index is -0.318. The second kappa shape index (κ2) is 22.8. The molecule has 8 nitrogen and oxygen atoms in total. The van der Waals surface area contributed by atoms with Crippen molar-refractivity contribution < 1.29 is 19.1 Å². The molecular formula is C72H110N4O4. The number of carbonyl (C=O) groups is 2. The first-order valence-corrected chi connectivity index (χ1v) is 32.3. The van der Waals surface area contributed by atoms with Gasteiger partial charge in [-0.25, -0.2) is 9.59 Å². The van der Waals surface area contributed by atoms with E-state index in [2.05, 4.69) is 115 Å². The van der Waals surface area contributed by atoms with Gasteiger partial charge in [-0.05, 0) is 273 Å². The van der Waals surface area contributed by atoms with Crippen molar-refractivity contribution in [2.45, 2.75) is 231 Å². The minimum Gasteiger partial charge on any atom is -0.458 e. The molecule has 2 aromatic carbocycles. The quantitative estimate of drug-likeness (QED) is 0.0930. The largest absolute Gasteiger partial charge is 0.458 e. The molecule has 17 unspecified atom stereocenters. The number of nitrogen functional groups attached to an aromatic ring is 4. The van der Waals surface area contributed by atoms with Crippen molar-refractivity contribution in [3.05, 3.63) is 82.5 Å². The first-order valence-electron chi connectivity index (χ1n) is 32.3. The van der Waals surface area contributed by atoms with Gasteiger partial charge in [0, 0.05) is 33.6 Å². The highest BCUT2D eigenvalue weighted by Gasteiger charge is 2.66. The van der Waals surface area contributed by atoms with Crippen LogP contribution in [0.1, 0.15) is 240 Å². The van der Waals surface area contributed by atoms with Gasteiger partial charge in [0.2, 0.25) is 0 Å². The predicted molar refractivity (Wildman–Crippen MR) is 333 cm³/mol. The number of allylic oxidation sites excluding steroid dienone is 5. The summed E-state index contributed by atoms with van der Waals surface area (Å²) in [5.74, 6) is 7.82. The van der Waals surface area contributed by atoms with Gasteiger partial charge in [0.1, 0.15) is 12.2 Å². The van der Waals surface area contributed by atoms with Crippen LogP contribution >= 0.6 is 0 Å². The van der Waals surface area contributed by atoms with Crippen molar-refractivity contribution in [1.82, 2.24) is 0 Å². The topological polar surface area (TPSA) is 157 Å². The molecule has 0 heterocycles. The zero-order valence-corrected chi connectivity index (χ0v) is 52.6. The summed E-state index contributed by atoms with van der Waals surface area (Å²) in [7, 11) is 0. The first kappa shape index (κ1) is 60.4. The summed E-state index contributed by atoms with van der Waals surface area (Å²) in [6.07, 6.45) is 31.4.